The zero-order valence-electron chi connectivity index (χ0n) is 10.4. The van der Waals surface area contributed by atoms with E-state index in [0.717, 1.165) is 16.5 Å². The van der Waals surface area contributed by atoms with Crippen LogP contribution in [0, 0.1) is 5.92 Å². The van der Waals surface area contributed by atoms with E-state index in [1.54, 1.807) is 12.1 Å². The summed E-state index contributed by atoms with van der Waals surface area (Å²) in [5.41, 5.74) is 0.994. The van der Waals surface area contributed by atoms with E-state index in [1.165, 1.54) is 0 Å². The molecule has 0 aliphatic rings. The van der Waals surface area contributed by atoms with Crippen LogP contribution in [0.5, 0.6) is 0 Å². The van der Waals surface area contributed by atoms with Crippen molar-refractivity contribution in [2.45, 2.75) is 32.9 Å². The van der Waals surface area contributed by atoms with E-state index >= 15 is 0 Å². The lowest BCUT2D eigenvalue weighted by Crippen LogP contribution is -2.41. The summed E-state index contributed by atoms with van der Waals surface area (Å²) in [4.78, 5) is 11.2. The highest BCUT2D eigenvalue weighted by Gasteiger charge is 2.22. The van der Waals surface area contributed by atoms with Crippen LogP contribution < -0.4 is 5.32 Å². The maximum Gasteiger partial charge on any atom is 0.320 e. The van der Waals surface area contributed by atoms with Gasteiger partial charge in [-0.1, -0.05) is 53.9 Å². The van der Waals surface area contributed by atoms with Crippen LogP contribution in [0.3, 0.4) is 0 Å². The third-order valence-corrected chi connectivity index (χ3v) is 3.98. The number of rotatable bonds is 6. The fourth-order valence-electron chi connectivity index (χ4n) is 1.65. The van der Waals surface area contributed by atoms with Gasteiger partial charge in [0.1, 0.15) is 6.04 Å². The molecular weight excluding hydrogens is 318 g/mol. The lowest BCUT2D eigenvalue weighted by atomic mass is 9.99. The van der Waals surface area contributed by atoms with Crippen molar-refractivity contribution < 1.29 is 9.90 Å². The van der Waals surface area contributed by atoms with Crippen LogP contribution >= 0.6 is 27.5 Å². The number of benzene rings is 1. The van der Waals surface area contributed by atoms with Crippen molar-refractivity contribution in [3.05, 3.63) is 33.3 Å². The van der Waals surface area contributed by atoms with Gasteiger partial charge in [0.2, 0.25) is 0 Å². The molecule has 0 fully saturated rings. The molecule has 0 bridgehead atoms. The summed E-state index contributed by atoms with van der Waals surface area (Å²) in [6.45, 7) is 4.42. The van der Waals surface area contributed by atoms with Crippen molar-refractivity contribution >= 4 is 33.5 Å². The van der Waals surface area contributed by atoms with E-state index in [9.17, 15) is 9.90 Å². The summed E-state index contributed by atoms with van der Waals surface area (Å²) in [7, 11) is 0. The van der Waals surface area contributed by atoms with Crippen LogP contribution in [-0.2, 0) is 11.3 Å². The standard InChI is InChI=1S/C13H17BrClNO2/c1-3-8(2)12(13(17)18)16-7-9-4-5-10(15)6-11(9)14/h4-6,8,12,16H,3,7H2,1-2H3,(H,17,18)/t8-,12-/m0/s1. The molecule has 0 aromatic heterocycles. The van der Waals surface area contributed by atoms with Crippen molar-refractivity contribution in [3.63, 3.8) is 0 Å². The molecule has 1 rings (SSSR count). The molecule has 5 heteroatoms. The minimum Gasteiger partial charge on any atom is -0.480 e. The van der Waals surface area contributed by atoms with Crippen molar-refractivity contribution in [2.24, 2.45) is 5.92 Å². The van der Waals surface area contributed by atoms with E-state index in [-0.39, 0.29) is 5.92 Å². The largest absolute Gasteiger partial charge is 0.480 e. The van der Waals surface area contributed by atoms with Crippen LogP contribution in [-0.4, -0.2) is 17.1 Å². The number of carboxylic acid groups (broad SMARTS) is 1. The highest BCUT2D eigenvalue weighted by atomic mass is 79.9. The van der Waals surface area contributed by atoms with Gasteiger partial charge in [0.15, 0.2) is 0 Å². The van der Waals surface area contributed by atoms with Gasteiger partial charge in [-0.2, -0.15) is 0 Å². The molecule has 0 amide bonds. The van der Waals surface area contributed by atoms with Gasteiger partial charge in [0.25, 0.3) is 0 Å². The molecule has 0 radical (unpaired) electrons. The Bertz CT molecular complexity index is 425. The Morgan fingerprint density at radius 2 is 2.22 bits per heavy atom. The normalized spacial score (nSPS) is 14.2. The lowest BCUT2D eigenvalue weighted by molar-refractivity contribution is -0.140. The monoisotopic (exact) mass is 333 g/mol. The third kappa shape index (κ3) is 4.26. The molecule has 0 spiro atoms. The van der Waals surface area contributed by atoms with Crippen LogP contribution in [0.2, 0.25) is 5.02 Å². The number of carboxylic acids is 1. The number of hydrogen-bond donors (Lipinski definition) is 2. The molecule has 2 atom stereocenters. The van der Waals surface area contributed by atoms with Gasteiger partial charge < -0.3 is 10.4 Å². The fraction of sp³-hybridized carbons (Fsp3) is 0.462. The van der Waals surface area contributed by atoms with Gasteiger partial charge >= 0.3 is 5.97 Å². The second kappa shape index (κ2) is 7.12. The lowest BCUT2D eigenvalue weighted by Gasteiger charge is -2.20. The van der Waals surface area contributed by atoms with E-state index in [1.807, 2.05) is 19.9 Å². The molecule has 2 N–H and O–H groups in total. The molecule has 18 heavy (non-hydrogen) atoms. The first-order valence-corrected chi connectivity index (χ1v) is 7.03. The second-order valence-electron chi connectivity index (χ2n) is 4.32. The Kier molecular flexibility index (Phi) is 6.12. The molecule has 0 saturated carbocycles. The Balaban J connectivity index is 2.70. The van der Waals surface area contributed by atoms with Gasteiger partial charge in [-0.3, -0.25) is 4.79 Å². The molecule has 1 aromatic carbocycles. The molecule has 0 aliphatic carbocycles. The van der Waals surface area contributed by atoms with E-state index in [2.05, 4.69) is 21.2 Å². The first kappa shape index (κ1) is 15.5. The van der Waals surface area contributed by atoms with Gasteiger partial charge in [-0.15, -0.1) is 0 Å². The van der Waals surface area contributed by atoms with Crippen molar-refractivity contribution in [1.82, 2.24) is 5.32 Å². The van der Waals surface area contributed by atoms with Gasteiger partial charge in [0, 0.05) is 16.0 Å². The summed E-state index contributed by atoms with van der Waals surface area (Å²) in [6, 6.07) is 4.95. The molecule has 1 aromatic rings. The Labute approximate surface area is 121 Å². The summed E-state index contributed by atoms with van der Waals surface area (Å²) < 4.78 is 0.885. The predicted molar refractivity (Wildman–Crippen MR) is 76.9 cm³/mol. The van der Waals surface area contributed by atoms with Crippen molar-refractivity contribution in [3.8, 4) is 0 Å². The molecular formula is C13H17BrClNO2. The van der Waals surface area contributed by atoms with Crippen LogP contribution in [0.4, 0.5) is 0 Å². The second-order valence-corrected chi connectivity index (χ2v) is 5.61. The quantitative estimate of drug-likeness (QED) is 0.834. The van der Waals surface area contributed by atoms with Crippen LogP contribution in [0.25, 0.3) is 0 Å². The average molecular weight is 335 g/mol. The summed E-state index contributed by atoms with van der Waals surface area (Å²) in [6.07, 6.45) is 0.825. The fourth-order valence-corrected chi connectivity index (χ4v) is 2.48. The molecule has 0 heterocycles. The van der Waals surface area contributed by atoms with Crippen LogP contribution in [0.15, 0.2) is 22.7 Å². The summed E-state index contributed by atoms with van der Waals surface area (Å²) >= 11 is 9.27. The maximum absolute atomic E-state index is 11.2. The number of halogens is 2. The predicted octanol–water partition coefficient (Wildman–Crippen LogP) is 3.69. The van der Waals surface area contributed by atoms with Gasteiger partial charge in [-0.05, 0) is 23.6 Å². The molecule has 3 nitrogen and oxygen atoms in total. The number of hydrogen-bond acceptors (Lipinski definition) is 2. The minimum absolute atomic E-state index is 0.0913. The number of aliphatic carboxylic acids is 1. The van der Waals surface area contributed by atoms with Crippen molar-refractivity contribution in [1.29, 1.82) is 0 Å². The number of nitrogens with one attached hydrogen (secondary N) is 1. The summed E-state index contributed by atoms with van der Waals surface area (Å²) in [5.74, 6) is -0.719. The zero-order valence-corrected chi connectivity index (χ0v) is 12.8. The zero-order chi connectivity index (χ0) is 13.7. The van der Waals surface area contributed by atoms with E-state index in [4.69, 9.17) is 11.6 Å². The summed E-state index contributed by atoms with van der Waals surface area (Å²) in [5, 5.41) is 12.9. The van der Waals surface area contributed by atoms with E-state index < -0.39 is 12.0 Å². The first-order chi connectivity index (χ1) is 8.45. The topological polar surface area (TPSA) is 49.3 Å². The highest BCUT2D eigenvalue weighted by molar-refractivity contribution is 9.10. The molecule has 0 aliphatic heterocycles. The van der Waals surface area contributed by atoms with Gasteiger partial charge in [-0.25, -0.2) is 0 Å². The molecule has 0 unspecified atom stereocenters. The molecule has 100 valence electrons. The SMILES string of the molecule is CC[C@H](C)[C@H](NCc1ccc(Cl)cc1Br)C(=O)O. The van der Waals surface area contributed by atoms with Crippen molar-refractivity contribution in [2.75, 3.05) is 0 Å². The van der Waals surface area contributed by atoms with Gasteiger partial charge in [0.05, 0.1) is 0 Å². The van der Waals surface area contributed by atoms with Crippen LogP contribution in [0.1, 0.15) is 25.8 Å². The Morgan fingerprint density at radius 3 is 2.72 bits per heavy atom. The first-order valence-electron chi connectivity index (χ1n) is 5.85. The number of carbonyl (C=O) groups is 1. The van der Waals surface area contributed by atoms with E-state index in [0.29, 0.717) is 11.6 Å². The minimum atomic E-state index is -0.811. The Morgan fingerprint density at radius 1 is 1.56 bits per heavy atom. The molecule has 0 saturated heterocycles. The third-order valence-electron chi connectivity index (χ3n) is 3.01. The maximum atomic E-state index is 11.2. The smallest absolute Gasteiger partial charge is 0.320 e. The Hall–Kier alpha value is -0.580. The highest BCUT2D eigenvalue weighted by Crippen LogP contribution is 2.21. The average Bonchev–Trinajstić information content (AvgIpc) is 2.31.